The summed E-state index contributed by atoms with van der Waals surface area (Å²) in [5.41, 5.74) is 13.9. The lowest BCUT2D eigenvalue weighted by atomic mass is 9.93. The van der Waals surface area contributed by atoms with Gasteiger partial charge in [0.2, 0.25) is 0 Å². The Kier molecular flexibility index (Phi) is 11.6. The van der Waals surface area contributed by atoms with E-state index in [0.717, 1.165) is 69.4 Å². The van der Waals surface area contributed by atoms with Gasteiger partial charge in [0.1, 0.15) is 6.17 Å². The van der Waals surface area contributed by atoms with Crippen molar-refractivity contribution in [3.8, 4) is 0 Å². The van der Waals surface area contributed by atoms with E-state index < -0.39 is 0 Å². The van der Waals surface area contributed by atoms with Gasteiger partial charge in [-0.05, 0) is 74.5 Å². The van der Waals surface area contributed by atoms with E-state index in [9.17, 15) is 0 Å². The van der Waals surface area contributed by atoms with E-state index in [1.165, 1.54) is 66.1 Å². The molecular formula is C35H51N7. The third-order valence-electron chi connectivity index (χ3n) is 8.98. The van der Waals surface area contributed by atoms with Crippen molar-refractivity contribution in [2.24, 2.45) is 16.6 Å². The van der Waals surface area contributed by atoms with Crippen LogP contribution in [0.5, 0.6) is 0 Å². The van der Waals surface area contributed by atoms with Crippen LogP contribution in [0.2, 0.25) is 0 Å². The molecule has 7 N–H and O–H groups in total. The molecule has 226 valence electrons. The van der Waals surface area contributed by atoms with Crippen LogP contribution in [0.25, 0.3) is 10.9 Å². The van der Waals surface area contributed by atoms with E-state index >= 15 is 0 Å². The third-order valence-corrected chi connectivity index (χ3v) is 8.98. The predicted molar refractivity (Wildman–Crippen MR) is 177 cm³/mol. The summed E-state index contributed by atoms with van der Waals surface area (Å²) in [6, 6.07) is 18.1. The Morgan fingerprint density at radius 1 is 0.857 bits per heavy atom. The number of hydrogen-bond donors (Lipinski definition) is 6. The number of para-hydroxylation sites is 1. The van der Waals surface area contributed by atoms with Gasteiger partial charge in [-0.15, -0.1) is 0 Å². The summed E-state index contributed by atoms with van der Waals surface area (Å²) >= 11 is 0. The number of H-pyrrole nitrogens is 1. The SMILES string of the molecule is CC[C@@H]1C(N)=C(CNCCc2c[nH]c3ccccc23)C=NC1NCc1ccc(CNCCCNC2CCCCC2)cc1. The van der Waals surface area contributed by atoms with E-state index in [-0.39, 0.29) is 12.1 Å². The Hall–Kier alpha value is -2.97. The molecule has 7 heteroatoms. The van der Waals surface area contributed by atoms with Crippen LogP contribution in [0.1, 0.15) is 68.6 Å². The summed E-state index contributed by atoms with van der Waals surface area (Å²) in [4.78, 5) is 8.24. The number of hydrogen-bond acceptors (Lipinski definition) is 6. The van der Waals surface area contributed by atoms with Gasteiger partial charge in [0.15, 0.2) is 0 Å². The van der Waals surface area contributed by atoms with Crippen LogP contribution in [0.4, 0.5) is 0 Å². The maximum Gasteiger partial charge on any atom is 0.108 e. The van der Waals surface area contributed by atoms with Gasteiger partial charge < -0.3 is 26.7 Å². The van der Waals surface area contributed by atoms with Crippen molar-refractivity contribution in [3.05, 3.63) is 82.7 Å². The molecule has 1 aliphatic heterocycles. The van der Waals surface area contributed by atoms with E-state index in [2.05, 4.69) is 87.9 Å². The summed E-state index contributed by atoms with van der Waals surface area (Å²) in [5, 5.41) is 15.9. The molecule has 0 spiro atoms. The van der Waals surface area contributed by atoms with Crippen molar-refractivity contribution in [2.45, 2.75) is 83.6 Å². The Morgan fingerprint density at radius 3 is 2.43 bits per heavy atom. The fraction of sp³-hybridized carbons (Fsp3) is 0.514. The number of rotatable bonds is 16. The van der Waals surface area contributed by atoms with Crippen molar-refractivity contribution in [1.82, 2.24) is 26.3 Å². The molecule has 0 radical (unpaired) electrons. The first kappa shape index (κ1) is 30.5. The monoisotopic (exact) mass is 569 g/mol. The first-order chi connectivity index (χ1) is 20.7. The minimum atomic E-state index is 0.00790. The second kappa shape index (κ2) is 16.0. The lowest BCUT2D eigenvalue weighted by Crippen LogP contribution is -2.40. The molecule has 2 aromatic carbocycles. The van der Waals surface area contributed by atoms with Crippen LogP contribution in [0, 0.1) is 5.92 Å². The first-order valence-corrected chi connectivity index (χ1v) is 16.2. The van der Waals surface area contributed by atoms with Gasteiger partial charge >= 0.3 is 0 Å². The van der Waals surface area contributed by atoms with E-state index in [0.29, 0.717) is 0 Å². The zero-order valence-corrected chi connectivity index (χ0v) is 25.4. The highest BCUT2D eigenvalue weighted by Crippen LogP contribution is 2.23. The maximum atomic E-state index is 6.67. The number of dihydropyridines is 1. The Labute approximate surface area is 252 Å². The van der Waals surface area contributed by atoms with Gasteiger partial charge in [-0.25, -0.2) is 0 Å². The molecule has 7 nitrogen and oxygen atoms in total. The summed E-state index contributed by atoms with van der Waals surface area (Å²) in [6.07, 6.45) is 14.1. The van der Waals surface area contributed by atoms with Crippen LogP contribution in [0.3, 0.4) is 0 Å². The molecule has 1 fully saturated rings. The number of fused-ring (bicyclic) bond motifs is 1. The molecule has 1 aliphatic carbocycles. The molecule has 0 amide bonds. The van der Waals surface area contributed by atoms with Gasteiger partial charge in [0, 0.05) is 66.2 Å². The third kappa shape index (κ3) is 8.54. The van der Waals surface area contributed by atoms with E-state index in [4.69, 9.17) is 10.7 Å². The standard InChI is InChI=1S/C35H51N7/c1-2-31-34(36)29(23-38-20-17-28-24-40-33-12-7-6-11-32(28)33)25-42-35(31)41-22-27-15-13-26(14-16-27)21-37-18-8-19-39-30-9-4-3-5-10-30/h6-7,11-16,24-25,30-31,35,37-41H,2-5,8-10,17-23,36H2,1H3/t31-,35?/m1/s1. The molecule has 0 bridgehead atoms. The second-order valence-corrected chi connectivity index (χ2v) is 12.0. The summed E-state index contributed by atoms with van der Waals surface area (Å²) in [7, 11) is 0. The fourth-order valence-electron chi connectivity index (χ4n) is 6.38. The molecule has 2 atom stereocenters. The van der Waals surface area contributed by atoms with Crippen LogP contribution in [0.15, 0.2) is 71.0 Å². The molecule has 1 aromatic heterocycles. The highest BCUT2D eigenvalue weighted by molar-refractivity contribution is 5.83. The maximum absolute atomic E-state index is 6.67. The van der Waals surface area contributed by atoms with Gasteiger partial charge in [-0.3, -0.25) is 10.3 Å². The lowest BCUT2D eigenvalue weighted by molar-refractivity contribution is 0.371. The van der Waals surface area contributed by atoms with Crippen molar-refractivity contribution < 1.29 is 0 Å². The summed E-state index contributed by atoms with van der Waals surface area (Å²) in [6.45, 7) is 7.71. The van der Waals surface area contributed by atoms with E-state index in [1.54, 1.807) is 0 Å². The number of aromatic nitrogens is 1. The minimum absolute atomic E-state index is 0.00790. The van der Waals surface area contributed by atoms with Crippen molar-refractivity contribution >= 4 is 17.1 Å². The molecule has 1 saturated carbocycles. The average molecular weight is 570 g/mol. The Bertz CT molecular complexity index is 1290. The van der Waals surface area contributed by atoms with Crippen molar-refractivity contribution in [2.75, 3.05) is 26.2 Å². The zero-order valence-electron chi connectivity index (χ0n) is 25.4. The van der Waals surface area contributed by atoms with Gasteiger partial charge in [-0.1, -0.05) is 68.7 Å². The zero-order chi connectivity index (χ0) is 29.0. The van der Waals surface area contributed by atoms with Crippen LogP contribution in [-0.2, 0) is 19.5 Å². The van der Waals surface area contributed by atoms with Gasteiger partial charge in [0.05, 0.1) is 0 Å². The van der Waals surface area contributed by atoms with Gasteiger partial charge in [0.25, 0.3) is 0 Å². The molecular weight excluding hydrogens is 518 g/mol. The van der Waals surface area contributed by atoms with Gasteiger partial charge in [-0.2, -0.15) is 0 Å². The Morgan fingerprint density at radius 2 is 1.62 bits per heavy atom. The topological polar surface area (TPSA) is 102 Å². The largest absolute Gasteiger partial charge is 0.401 e. The normalized spacial score (nSPS) is 19.6. The molecule has 1 unspecified atom stereocenters. The predicted octanol–water partition coefficient (Wildman–Crippen LogP) is 5.14. The van der Waals surface area contributed by atoms with Crippen molar-refractivity contribution in [3.63, 3.8) is 0 Å². The summed E-state index contributed by atoms with van der Waals surface area (Å²) < 4.78 is 0. The molecule has 2 aliphatic rings. The van der Waals surface area contributed by atoms with Crippen LogP contribution >= 0.6 is 0 Å². The Balaban J connectivity index is 0.993. The number of aliphatic imine (C=N–C) groups is 1. The first-order valence-electron chi connectivity index (χ1n) is 16.2. The molecule has 3 aromatic rings. The highest BCUT2D eigenvalue weighted by atomic mass is 15.1. The number of nitrogens with two attached hydrogens (primary N) is 1. The smallest absolute Gasteiger partial charge is 0.108 e. The lowest BCUT2D eigenvalue weighted by Gasteiger charge is -2.29. The molecule has 2 heterocycles. The quantitative estimate of drug-likeness (QED) is 0.134. The number of nitrogens with zero attached hydrogens (tertiary/aromatic N) is 1. The molecule has 42 heavy (non-hydrogen) atoms. The number of aromatic amines is 1. The van der Waals surface area contributed by atoms with E-state index in [1.807, 2.05) is 6.21 Å². The second-order valence-electron chi connectivity index (χ2n) is 12.0. The average Bonchev–Trinajstić information content (AvgIpc) is 3.45. The summed E-state index contributed by atoms with van der Waals surface area (Å²) in [5.74, 6) is 0.205. The van der Waals surface area contributed by atoms with Crippen LogP contribution in [-0.4, -0.2) is 49.6 Å². The highest BCUT2D eigenvalue weighted by Gasteiger charge is 2.26. The number of nitrogens with one attached hydrogen (secondary N) is 5. The minimum Gasteiger partial charge on any atom is -0.401 e. The molecule has 5 rings (SSSR count). The molecule has 0 saturated heterocycles. The number of benzene rings is 2. The van der Waals surface area contributed by atoms with Crippen LogP contribution < -0.4 is 27.0 Å². The van der Waals surface area contributed by atoms with Crippen molar-refractivity contribution in [1.29, 1.82) is 0 Å². The fourth-order valence-corrected chi connectivity index (χ4v) is 6.38.